The molecule has 6 heteroatoms. The van der Waals surface area contributed by atoms with Crippen LogP contribution >= 0.6 is 0 Å². The van der Waals surface area contributed by atoms with Gasteiger partial charge in [-0.1, -0.05) is 12.1 Å². The number of amides is 2. The Morgan fingerprint density at radius 3 is 2.55 bits per heavy atom. The molecule has 1 saturated carbocycles. The van der Waals surface area contributed by atoms with Gasteiger partial charge in [-0.15, -0.1) is 0 Å². The molecule has 2 aliphatic rings. The van der Waals surface area contributed by atoms with E-state index in [0.717, 1.165) is 25.7 Å². The number of rotatable bonds is 7. The van der Waals surface area contributed by atoms with Crippen molar-refractivity contribution in [1.29, 1.82) is 0 Å². The molecule has 0 bridgehead atoms. The third kappa shape index (κ3) is 4.53. The molecule has 29 heavy (non-hydrogen) atoms. The Bertz CT molecular complexity index is 877. The highest BCUT2D eigenvalue weighted by molar-refractivity contribution is 5.97. The van der Waals surface area contributed by atoms with Crippen LogP contribution < -0.4 is 14.8 Å². The summed E-state index contributed by atoms with van der Waals surface area (Å²) in [4.78, 5) is 26.9. The molecule has 0 unspecified atom stereocenters. The van der Waals surface area contributed by atoms with E-state index < -0.39 is 0 Å². The summed E-state index contributed by atoms with van der Waals surface area (Å²) in [7, 11) is 1.57. The van der Waals surface area contributed by atoms with Crippen molar-refractivity contribution in [3.63, 3.8) is 0 Å². The van der Waals surface area contributed by atoms with Crippen LogP contribution in [0.1, 0.15) is 46.4 Å². The Labute approximate surface area is 170 Å². The number of nitrogens with one attached hydrogen (secondary N) is 1. The van der Waals surface area contributed by atoms with E-state index in [1.807, 2.05) is 29.2 Å². The van der Waals surface area contributed by atoms with Crippen molar-refractivity contribution in [2.24, 2.45) is 0 Å². The first kappa shape index (κ1) is 19.3. The second-order valence-electron chi connectivity index (χ2n) is 7.58. The van der Waals surface area contributed by atoms with E-state index in [0.29, 0.717) is 41.8 Å². The van der Waals surface area contributed by atoms with E-state index in [1.165, 1.54) is 0 Å². The van der Waals surface area contributed by atoms with Gasteiger partial charge in [0.05, 0.1) is 18.7 Å². The third-order valence-corrected chi connectivity index (χ3v) is 5.45. The van der Waals surface area contributed by atoms with Crippen molar-refractivity contribution in [1.82, 2.24) is 10.2 Å². The van der Waals surface area contributed by atoms with Gasteiger partial charge in [0.2, 0.25) is 0 Å². The number of likely N-dealkylation sites (tertiary alicyclic amines) is 1. The average Bonchev–Trinajstić information content (AvgIpc) is 3.45. The minimum Gasteiger partial charge on any atom is -0.496 e. The Morgan fingerprint density at radius 2 is 1.83 bits per heavy atom. The second kappa shape index (κ2) is 8.55. The summed E-state index contributed by atoms with van der Waals surface area (Å²) in [5.41, 5.74) is 1.21. The van der Waals surface area contributed by atoms with E-state index in [1.54, 1.807) is 31.4 Å². The van der Waals surface area contributed by atoms with Gasteiger partial charge in [-0.25, -0.2) is 0 Å². The predicted octanol–water partition coefficient (Wildman–Crippen LogP) is 3.27. The summed E-state index contributed by atoms with van der Waals surface area (Å²) < 4.78 is 11.3. The van der Waals surface area contributed by atoms with Gasteiger partial charge < -0.3 is 19.7 Å². The van der Waals surface area contributed by atoms with E-state index in [9.17, 15) is 9.59 Å². The molecule has 2 amide bonds. The first-order valence-electron chi connectivity index (χ1n) is 10.1. The number of ether oxygens (including phenoxy) is 2. The van der Waals surface area contributed by atoms with Crippen LogP contribution in [0.15, 0.2) is 48.5 Å². The molecule has 4 rings (SSSR count). The number of carbonyl (C=O) groups is 2. The fourth-order valence-corrected chi connectivity index (χ4v) is 3.64. The molecule has 0 spiro atoms. The number of hydrogen-bond donors (Lipinski definition) is 1. The van der Waals surface area contributed by atoms with Gasteiger partial charge in [-0.3, -0.25) is 9.59 Å². The van der Waals surface area contributed by atoms with Gasteiger partial charge in [-0.2, -0.15) is 0 Å². The molecule has 1 N–H and O–H groups in total. The smallest absolute Gasteiger partial charge is 0.257 e. The van der Waals surface area contributed by atoms with Crippen LogP contribution in [0.25, 0.3) is 0 Å². The third-order valence-electron chi connectivity index (χ3n) is 5.45. The monoisotopic (exact) mass is 394 g/mol. The van der Waals surface area contributed by atoms with Crippen LogP contribution in [-0.4, -0.2) is 49.1 Å². The fourth-order valence-electron chi connectivity index (χ4n) is 3.64. The molecule has 2 fully saturated rings. The highest BCUT2D eigenvalue weighted by atomic mass is 16.5. The zero-order valence-corrected chi connectivity index (χ0v) is 16.6. The molecule has 2 aromatic carbocycles. The molecule has 0 radical (unpaired) electrons. The summed E-state index contributed by atoms with van der Waals surface area (Å²) >= 11 is 0. The molecule has 0 aromatic heterocycles. The van der Waals surface area contributed by atoms with E-state index >= 15 is 0 Å². The number of carbonyl (C=O) groups excluding carboxylic acids is 2. The maximum absolute atomic E-state index is 13.0. The van der Waals surface area contributed by atoms with Gasteiger partial charge in [-0.05, 0) is 62.1 Å². The molecule has 2 aromatic rings. The number of para-hydroxylation sites is 1. The van der Waals surface area contributed by atoms with Gasteiger partial charge in [0.15, 0.2) is 0 Å². The first-order chi connectivity index (χ1) is 14.2. The van der Waals surface area contributed by atoms with Crippen LogP contribution in [0.4, 0.5) is 0 Å². The lowest BCUT2D eigenvalue weighted by Crippen LogP contribution is -2.39. The summed E-state index contributed by atoms with van der Waals surface area (Å²) in [6, 6.07) is 14.8. The maximum Gasteiger partial charge on any atom is 0.257 e. The highest BCUT2D eigenvalue weighted by Crippen LogP contribution is 2.26. The zero-order chi connectivity index (χ0) is 20.2. The van der Waals surface area contributed by atoms with Crippen molar-refractivity contribution >= 4 is 11.8 Å². The lowest BCUT2D eigenvalue weighted by Gasteiger charge is -2.25. The van der Waals surface area contributed by atoms with E-state index in [4.69, 9.17) is 9.47 Å². The zero-order valence-electron chi connectivity index (χ0n) is 16.6. The predicted molar refractivity (Wildman–Crippen MR) is 109 cm³/mol. The molecule has 1 atom stereocenters. The number of methoxy groups -OCH3 is 1. The van der Waals surface area contributed by atoms with Gasteiger partial charge in [0.25, 0.3) is 11.8 Å². The lowest BCUT2D eigenvalue weighted by molar-refractivity contribution is 0.0688. The largest absolute Gasteiger partial charge is 0.496 e. The number of benzene rings is 2. The molecule has 152 valence electrons. The van der Waals surface area contributed by atoms with Gasteiger partial charge >= 0.3 is 0 Å². The molecular formula is C23H26N2O4. The quantitative estimate of drug-likeness (QED) is 0.783. The maximum atomic E-state index is 13.0. The molecule has 1 heterocycles. The van der Waals surface area contributed by atoms with Gasteiger partial charge in [0, 0.05) is 18.2 Å². The Balaban J connectivity index is 1.36. The van der Waals surface area contributed by atoms with E-state index in [-0.39, 0.29) is 17.9 Å². The van der Waals surface area contributed by atoms with Crippen LogP contribution in [-0.2, 0) is 0 Å². The summed E-state index contributed by atoms with van der Waals surface area (Å²) in [6.45, 7) is 1.14. The normalized spacial score (nSPS) is 18.4. The summed E-state index contributed by atoms with van der Waals surface area (Å²) in [6.07, 6.45) is 3.99. The minimum atomic E-state index is -0.0385. The molecule has 6 nitrogen and oxygen atoms in total. The van der Waals surface area contributed by atoms with Crippen LogP contribution in [0.5, 0.6) is 11.5 Å². The van der Waals surface area contributed by atoms with Crippen molar-refractivity contribution in [3.05, 3.63) is 59.7 Å². The van der Waals surface area contributed by atoms with Crippen molar-refractivity contribution in [2.75, 3.05) is 20.3 Å². The molecule has 1 aliphatic carbocycles. The standard InChI is InChI=1S/C23H26N2O4/c1-28-21-7-3-2-6-20(21)23(27)25-14-4-5-18(25)15-29-19-12-8-16(9-13-19)22(26)24-17-10-11-17/h2-3,6-9,12-13,17-18H,4-5,10-11,14-15H2,1H3,(H,24,26)/t18-/m0/s1. The summed E-state index contributed by atoms with van der Waals surface area (Å²) in [5, 5.41) is 2.98. The van der Waals surface area contributed by atoms with Crippen molar-refractivity contribution in [3.8, 4) is 11.5 Å². The van der Waals surface area contributed by atoms with Crippen LogP contribution in [0.3, 0.4) is 0 Å². The Hall–Kier alpha value is -3.02. The number of nitrogens with zero attached hydrogens (tertiary/aromatic N) is 1. The lowest BCUT2D eigenvalue weighted by atomic mass is 10.1. The SMILES string of the molecule is COc1ccccc1C(=O)N1CCC[C@H]1COc1ccc(C(=O)NC2CC2)cc1. The average molecular weight is 394 g/mol. The van der Waals surface area contributed by atoms with Crippen LogP contribution in [0, 0.1) is 0 Å². The summed E-state index contributed by atoms with van der Waals surface area (Å²) in [5.74, 6) is 1.22. The highest BCUT2D eigenvalue weighted by Gasteiger charge is 2.31. The van der Waals surface area contributed by atoms with E-state index in [2.05, 4.69) is 5.32 Å². The minimum absolute atomic E-state index is 0.0188. The first-order valence-corrected chi connectivity index (χ1v) is 10.1. The molecular weight excluding hydrogens is 368 g/mol. The Kier molecular flexibility index (Phi) is 5.69. The van der Waals surface area contributed by atoms with Crippen molar-refractivity contribution in [2.45, 2.75) is 37.8 Å². The van der Waals surface area contributed by atoms with Crippen LogP contribution in [0.2, 0.25) is 0 Å². The van der Waals surface area contributed by atoms with Gasteiger partial charge in [0.1, 0.15) is 18.1 Å². The Morgan fingerprint density at radius 1 is 1.07 bits per heavy atom. The molecule has 1 aliphatic heterocycles. The van der Waals surface area contributed by atoms with Crippen molar-refractivity contribution < 1.29 is 19.1 Å². The second-order valence-corrected chi connectivity index (χ2v) is 7.58. The number of hydrogen-bond acceptors (Lipinski definition) is 4. The molecule has 1 saturated heterocycles. The fraction of sp³-hybridized carbons (Fsp3) is 0.391. The topological polar surface area (TPSA) is 67.9 Å².